The Bertz CT molecular complexity index is 564. The first kappa shape index (κ1) is 16.9. The van der Waals surface area contributed by atoms with Crippen molar-refractivity contribution in [2.75, 3.05) is 7.11 Å². The normalized spacial score (nSPS) is 26.2. The van der Waals surface area contributed by atoms with Crippen molar-refractivity contribution in [2.45, 2.75) is 70.2 Å². The number of methoxy groups -OCH3 is 1. The molecule has 0 saturated carbocycles. The van der Waals surface area contributed by atoms with Crippen molar-refractivity contribution in [3.8, 4) is 11.5 Å². The maximum absolute atomic E-state index is 12.5. The number of rotatable bonds is 3. The lowest BCUT2D eigenvalue weighted by molar-refractivity contribution is -0.00708. The monoisotopic (exact) mass is 333 g/mol. The SMILES string of the molecule is COc1ccc(OC2C[C@H]3CC[C@@H](C2)N3C(=O)OC(C)(C)C)cc1. The molecule has 1 unspecified atom stereocenters. The highest BCUT2D eigenvalue weighted by atomic mass is 16.6. The van der Waals surface area contributed by atoms with E-state index in [9.17, 15) is 4.79 Å². The summed E-state index contributed by atoms with van der Waals surface area (Å²) in [5, 5.41) is 0. The lowest BCUT2D eigenvalue weighted by Crippen LogP contribution is -2.50. The van der Waals surface area contributed by atoms with Gasteiger partial charge in [-0.05, 0) is 57.9 Å². The maximum Gasteiger partial charge on any atom is 0.410 e. The van der Waals surface area contributed by atoms with Crippen molar-refractivity contribution in [1.82, 2.24) is 4.90 Å². The zero-order valence-electron chi connectivity index (χ0n) is 15.0. The van der Waals surface area contributed by atoms with E-state index in [1.54, 1.807) is 7.11 Å². The second-order valence-electron chi connectivity index (χ2n) is 7.66. The predicted octanol–water partition coefficient (Wildman–Crippen LogP) is 4.00. The van der Waals surface area contributed by atoms with Crippen LogP contribution >= 0.6 is 0 Å². The molecule has 132 valence electrons. The van der Waals surface area contributed by atoms with Crippen LogP contribution in [-0.2, 0) is 4.74 Å². The first-order valence-corrected chi connectivity index (χ1v) is 8.68. The molecule has 0 radical (unpaired) electrons. The molecule has 2 aliphatic rings. The van der Waals surface area contributed by atoms with E-state index in [4.69, 9.17) is 14.2 Å². The van der Waals surface area contributed by atoms with E-state index in [1.165, 1.54) is 0 Å². The predicted molar refractivity (Wildman–Crippen MR) is 91.5 cm³/mol. The fourth-order valence-electron chi connectivity index (χ4n) is 3.68. The molecular weight excluding hydrogens is 306 g/mol. The fourth-order valence-corrected chi connectivity index (χ4v) is 3.68. The smallest absolute Gasteiger partial charge is 0.410 e. The maximum atomic E-state index is 12.5. The van der Waals surface area contributed by atoms with E-state index in [2.05, 4.69) is 0 Å². The summed E-state index contributed by atoms with van der Waals surface area (Å²) in [4.78, 5) is 14.4. The van der Waals surface area contributed by atoms with Crippen LogP contribution in [0.15, 0.2) is 24.3 Å². The quantitative estimate of drug-likeness (QED) is 0.839. The second kappa shape index (κ2) is 6.54. The third kappa shape index (κ3) is 3.77. The highest BCUT2D eigenvalue weighted by Crippen LogP contribution is 2.38. The molecule has 0 aliphatic carbocycles. The van der Waals surface area contributed by atoms with Crippen LogP contribution in [0, 0.1) is 0 Å². The van der Waals surface area contributed by atoms with Gasteiger partial charge in [0, 0.05) is 24.9 Å². The molecule has 1 aromatic carbocycles. The molecule has 3 atom stereocenters. The van der Waals surface area contributed by atoms with Crippen LogP contribution in [0.5, 0.6) is 11.5 Å². The summed E-state index contributed by atoms with van der Waals surface area (Å²) in [6, 6.07) is 8.12. The average molecular weight is 333 g/mol. The Morgan fingerprint density at radius 3 is 2.08 bits per heavy atom. The summed E-state index contributed by atoms with van der Waals surface area (Å²) in [7, 11) is 1.65. The minimum Gasteiger partial charge on any atom is -0.497 e. The topological polar surface area (TPSA) is 48.0 Å². The van der Waals surface area contributed by atoms with Crippen LogP contribution in [0.3, 0.4) is 0 Å². The van der Waals surface area contributed by atoms with Gasteiger partial charge in [0.2, 0.25) is 0 Å². The highest BCUT2D eigenvalue weighted by molar-refractivity contribution is 5.69. The molecule has 2 saturated heterocycles. The van der Waals surface area contributed by atoms with E-state index in [1.807, 2.05) is 49.9 Å². The van der Waals surface area contributed by atoms with Crippen molar-refractivity contribution in [3.63, 3.8) is 0 Å². The summed E-state index contributed by atoms with van der Waals surface area (Å²) in [5.74, 6) is 1.67. The van der Waals surface area contributed by atoms with Gasteiger partial charge in [-0.1, -0.05) is 0 Å². The number of benzene rings is 1. The molecule has 0 aromatic heterocycles. The largest absolute Gasteiger partial charge is 0.497 e. The van der Waals surface area contributed by atoms with E-state index >= 15 is 0 Å². The average Bonchev–Trinajstić information content (AvgIpc) is 2.78. The Morgan fingerprint density at radius 2 is 1.58 bits per heavy atom. The van der Waals surface area contributed by atoms with E-state index in [0.29, 0.717) is 0 Å². The summed E-state index contributed by atoms with van der Waals surface area (Å²) in [6.45, 7) is 5.73. The molecule has 3 rings (SSSR count). The summed E-state index contributed by atoms with van der Waals surface area (Å²) in [5.41, 5.74) is -0.451. The second-order valence-corrected chi connectivity index (χ2v) is 7.66. The number of amides is 1. The van der Waals surface area contributed by atoms with Crippen molar-refractivity contribution >= 4 is 6.09 Å². The molecule has 5 heteroatoms. The third-order valence-corrected chi connectivity index (χ3v) is 4.66. The van der Waals surface area contributed by atoms with Gasteiger partial charge in [0.1, 0.15) is 23.2 Å². The van der Waals surface area contributed by atoms with Gasteiger partial charge in [0.05, 0.1) is 7.11 Å². The third-order valence-electron chi connectivity index (χ3n) is 4.66. The van der Waals surface area contributed by atoms with Gasteiger partial charge >= 0.3 is 6.09 Å². The Hall–Kier alpha value is -1.91. The minimum atomic E-state index is -0.451. The number of fused-ring (bicyclic) bond motifs is 2. The Labute approximate surface area is 143 Å². The van der Waals surface area contributed by atoms with Crippen LogP contribution in [0.25, 0.3) is 0 Å². The fraction of sp³-hybridized carbons (Fsp3) is 0.632. The molecule has 2 aliphatic heterocycles. The molecular formula is C19H27NO4. The Morgan fingerprint density at radius 1 is 1.04 bits per heavy atom. The molecule has 5 nitrogen and oxygen atoms in total. The van der Waals surface area contributed by atoms with Crippen molar-refractivity contribution < 1.29 is 19.0 Å². The summed E-state index contributed by atoms with van der Waals surface area (Å²) < 4.78 is 16.9. The first-order valence-electron chi connectivity index (χ1n) is 8.68. The zero-order chi connectivity index (χ0) is 17.3. The van der Waals surface area contributed by atoms with Crippen molar-refractivity contribution in [3.05, 3.63) is 24.3 Å². The summed E-state index contributed by atoms with van der Waals surface area (Å²) >= 11 is 0. The number of ether oxygens (including phenoxy) is 3. The molecule has 1 amide bonds. The van der Waals surface area contributed by atoms with Crippen LogP contribution in [0.1, 0.15) is 46.5 Å². The first-order chi connectivity index (χ1) is 11.4. The van der Waals surface area contributed by atoms with E-state index < -0.39 is 5.60 Å². The van der Waals surface area contributed by atoms with Crippen molar-refractivity contribution in [2.24, 2.45) is 0 Å². The standard InChI is InChI=1S/C19H27NO4/c1-19(2,3)24-18(21)20-13-5-6-14(20)12-17(11-13)23-16-9-7-15(22-4)8-10-16/h7-10,13-14,17H,5-6,11-12H2,1-4H3/t13-,14+,17?. The number of carbonyl (C=O) groups is 1. The van der Waals surface area contributed by atoms with Crippen LogP contribution in [0.2, 0.25) is 0 Å². The van der Waals surface area contributed by atoms with Crippen LogP contribution < -0.4 is 9.47 Å². The minimum absolute atomic E-state index is 0.148. The van der Waals surface area contributed by atoms with Crippen LogP contribution in [0.4, 0.5) is 4.79 Å². The van der Waals surface area contributed by atoms with Crippen molar-refractivity contribution in [1.29, 1.82) is 0 Å². The molecule has 2 fully saturated rings. The van der Waals surface area contributed by atoms with E-state index in [0.717, 1.165) is 37.2 Å². The Kier molecular flexibility index (Phi) is 4.61. The van der Waals surface area contributed by atoms with Gasteiger partial charge in [-0.25, -0.2) is 4.79 Å². The van der Waals surface area contributed by atoms with Gasteiger partial charge in [-0.2, -0.15) is 0 Å². The molecule has 2 heterocycles. The lowest BCUT2D eigenvalue weighted by Gasteiger charge is -2.39. The number of hydrogen-bond donors (Lipinski definition) is 0. The number of piperidine rings is 1. The lowest BCUT2D eigenvalue weighted by atomic mass is 10.00. The highest BCUT2D eigenvalue weighted by Gasteiger charge is 2.45. The number of carbonyl (C=O) groups excluding carboxylic acids is 1. The number of hydrogen-bond acceptors (Lipinski definition) is 4. The molecule has 24 heavy (non-hydrogen) atoms. The van der Waals surface area contributed by atoms with Gasteiger partial charge in [-0.3, -0.25) is 0 Å². The van der Waals surface area contributed by atoms with Gasteiger partial charge < -0.3 is 19.1 Å². The molecule has 0 N–H and O–H groups in total. The zero-order valence-corrected chi connectivity index (χ0v) is 15.0. The molecule has 2 bridgehead atoms. The Balaban J connectivity index is 1.61. The molecule has 1 aromatic rings. The molecule has 0 spiro atoms. The van der Waals surface area contributed by atoms with Gasteiger partial charge in [0.15, 0.2) is 0 Å². The van der Waals surface area contributed by atoms with Gasteiger partial charge in [0.25, 0.3) is 0 Å². The van der Waals surface area contributed by atoms with E-state index in [-0.39, 0.29) is 24.3 Å². The summed E-state index contributed by atoms with van der Waals surface area (Å²) in [6.07, 6.45) is 3.76. The van der Waals surface area contributed by atoms with Gasteiger partial charge in [-0.15, -0.1) is 0 Å². The number of nitrogens with zero attached hydrogens (tertiary/aromatic N) is 1. The van der Waals surface area contributed by atoms with Crippen LogP contribution in [-0.4, -0.2) is 41.9 Å².